The number of nitrogens with one attached hydrogen (secondary N) is 1. The number of fused-ring (bicyclic) bond motifs is 1. The van der Waals surface area contributed by atoms with Crippen LogP contribution in [0.2, 0.25) is 4.34 Å². The predicted molar refractivity (Wildman–Crippen MR) is 117 cm³/mol. The highest BCUT2D eigenvalue weighted by molar-refractivity contribution is 8.04. The number of anilines is 1. The third-order valence-corrected chi connectivity index (χ3v) is 8.13. The molecule has 4 rings (SSSR count). The molecule has 2 aliphatic heterocycles. The van der Waals surface area contributed by atoms with E-state index in [2.05, 4.69) is 25.7 Å². The molecule has 0 aliphatic carbocycles. The Hall–Kier alpha value is -2.96. The maximum atomic E-state index is 12.8. The van der Waals surface area contributed by atoms with Gasteiger partial charge in [0.15, 0.2) is 15.2 Å². The number of amides is 2. The van der Waals surface area contributed by atoms with Crippen molar-refractivity contribution in [3.05, 3.63) is 25.6 Å². The number of carboxylic acid groups (broad SMARTS) is 1. The van der Waals surface area contributed by atoms with Crippen molar-refractivity contribution in [2.45, 2.75) is 35.4 Å². The number of aromatic nitrogens is 3. The lowest BCUT2D eigenvalue weighted by Crippen LogP contribution is -2.72. The Balaban J connectivity index is 1.52. The monoisotopic (exact) mass is 569 g/mol. The second kappa shape index (κ2) is 9.25. The summed E-state index contributed by atoms with van der Waals surface area (Å²) in [5.41, 5.74) is 4.32. The first-order chi connectivity index (χ1) is 16.4. The Kier molecular flexibility index (Phi) is 6.64. The number of hydrogen-bond donors (Lipinski definition) is 4. The quantitative estimate of drug-likeness (QED) is 0.174. The molecule has 2 aliphatic rings. The van der Waals surface area contributed by atoms with E-state index in [1.807, 2.05) is 0 Å². The molecule has 0 radical (unpaired) electrons. The number of thioether (sulfide) groups is 1. The number of carbonyl (C=O) groups is 3. The number of hydrogen-bond acceptors (Lipinski definition) is 12. The molecule has 0 bridgehead atoms. The van der Waals surface area contributed by atoms with Gasteiger partial charge < -0.3 is 21.4 Å². The Morgan fingerprint density at radius 1 is 1.31 bits per heavy atom. The van der Waals surface area contributed by atoms with Crippen LogP contribution in [-0.2, 0) is 20.6 Å². The van der Waals surface area contributed by atoms with Crippen LogP contribution in [0.4, 0.5) is 18.3 Å². The lowest BCUT2D eigenvalue weighted by molar-refractivity contribution is -0.155. The van der Waals surface area contributed by atoms with Crippen molar-refractivity contribution in [2.75, 3.05) is 5.73 Å². The molecule has 19 heteroatoms. The molecule has 1 fully saturated rings. The van der Waals surface area contributed by atoms with Gasteiger partial charge in [-0.05, 0) is 12.8 Å². The van der Waals surface area contributed by atoms with E-state index in [0.717, 1.165) is 16.2 Å². The van der Waals surface area contributed by atoms with Gasteiger partial charge in [0.25, 0.3) is 11.8 Å². The zero-order valence-electron chi connectivity index (χ0n) is 16.7. The maximum absolute atomic E-state index is 12.8. The van der Waals surface area contributed by atoms with E-state index in [-0.39, 0.29) is 48.6 Å². The zero-order valence-corrected chi connectivity index (χ0v) is 19.9. The molecule has 186 valence electrons. The molecule has 0 saturated carbocycles. The highest BCUT2D eigenvalue weighted by atomic mass is 35.5. The van der Waals surface area contributed by atoms with Gasteiger partial charge in [0.05, 0.1) is 6.04 Å². The minimum absolute atomic E-state index is 0.0103. The van der Waals surface area contributed by atoms with E-state index >= 15 is 0 Å². The van der Waals surface area contributed by atoms with Crippen molar-refractivity contribution in [1.29, 1.82) is 0 Å². The lowest BCUT2D eigenvalue weighted by atomic mass is 9.86. The van der Waals surface area contributed by atoms with Crippen LogP contribution in [0.3, 0.4) is 0 Å². The van der Waals surface area contributed by atoms with E-state index in [9.17, 15) is 37.9 Å². The van der Waals surface area contributed by atoms with Crippen LogP contribution in [0.5, 0.6) is 0 Å². The smallest absolute Gasteiger partial charge is 0.445 e. The summed E-state index contributed by atoms with van der Waals surface area (Å²) >= 11 is 7.70. The zero-order chi connectivity index (χ0) is 25.7. The molecule has 2 unspecified atom stereocenters. The van der Waals surface area contributed by atoms with Crippen molar-refractivity contribution >= 4 is 74.7 Å². The Labute approximate surface area is 209 Å². The van der Waals surface area contributed by atoms with E-state index in [1.165, 1.54) is 0 Å². The van der Waals surface area contributed by atoms with Crippen molar-refractivity contribution in [3.63, 3.8) is 0 Å². The summed E-state index contributed by atoms with van der Waals surface area (Å²) in [5, 5.41) is 29.5. The summed E-state index contributed by atoms with van der Waals surface area (Å²) in [6.45, 7) is 0. The number of carboxylic acids is 1. The molecule has 2 atom stereocenters. The van der Waals surface area contributed by atoms with Crippen LogP contribution in [-0.4, -0.2) is 66.0 Å². The number of allylic oxidation sites excluding steroid dienone is 1. The number of nitrogens with zero attached hydrogens (tertiary/aromatic N) is 5. The van der Waals surface area contributed by atoms with E-state index < -0.39 is 52.5 Å². The third kappa shape index (κ3) is 4.65. The SMILES string of the molecule is Nc1nc(/C(=N/O)C(=O)NC2C(=O)N3C(C(=O)O)=C(Sc4nnc(C(F)(F)F)s4)CCC23)c(Cl)s1. The number of β-lactam (4-membered cyclic amide) rings is 1. The topological polar surface area (TPSA) is 184 Å². The fourth-order valence-electron chi connectivity index (χ4n) is 3.47. The van der Waals surface area contributed by atoms with Crippen LogP contribution >= 0.6 is 46.0 Å². The average Bonchev–Trinajstić information content (AvgIpc) is 3.38. The van der Waals surface area contributed by atoms with E-state index in [0.29, 0.717) is 11.8 Å². The van der Waals surface area contributed by atoms with Crippen LogP contribution < -0.4 is 11.1 Å². The molecule has 2 aromatic heterocycles. The third-order valence-electron chi connectivity index (χ3n) is 4.88. The summed E-state index contributed by atoms with van der Waals surface area (Å²) in [5.74, 6) is -3.24. The maximum Gasteiger partial charge on any atom is 0.445 e. The summed E-state index contributed by atoms with van der Waals surface area (Å²) in [6, 6.07) is -1.90. The Bertz CT molecular complexity index is 1290. The highest BCUT2D eigenvalue weighted by Gasteiger charge is 2.54. The minimum Gasteiger partial charge on any atom is -0.477 e. The summed E-state index contributed by atoms with van der Waals surface area (Å²) in [4.78, 5) is 42.2. The highest BCUT2D eigenvalue weighted by Crippen LogP contribution is 2.45. The number of thiazole rings is 1. The number of rotatable bonds is 6. The number of aliphatic carboxylic acids is 1. The first-order valence-electron chi connectivity index (χ1n) is 9.25. The van der Waals surface area contributed by atoms with Crippen LogP contribution in [0.1, 0.15) is 23.5 Å². The molecular weight excluding hydrogens is 559 g/mol. The van der Waals surface area contributed by atoms with E-state index in [4.69, 9.17) is 17.3 Å². The second-order valence-electron chi connectivity index (χ2n) is 6.94. The molecule has 12 nitrogen and oxygen atoms in total. The molecule has 35 heavy (non-hydrogen) atoms. The van der Waals surface area contributed by atoms with Gasteiger partial charge in [-0.15, -0.1) is 10.2 Å². The predicted octanol–water partition coefficient (Wildman–Crippen LogP) is 2.01. The molecule has 5 N–H and O–H groups in total. The van der Waals surface area contributed by atoms with Crippen LogP contribution in [0, 0.1) is 0 Å². The first kappa shape index (κ1) is 25.1. The van der Waals surface area contributed by atoms with Crippen molar-refractivity contribution in [1.82, 2.24) is 25.4 Å². The normalized spacial score (nSPS) is 20.5. The van der Waals surface area contributed by atoms with Crippen LogP contribution in [0.25, 0.3) is 0 Å². The molecule has 2 amide bonds. The second-order valence-corrected chi connectivity index (χ2v) is 10.9. The fourth-order valence-corrected chi connectivity index (χ4v) is 6.34. The van der Waals surface area contributed by atoms with E-state index in [1.54, 1.807) is 0 Å². The van der Waals surface area contributed by atoms with Gasteiger partial charge in [-0.25, -0.2) is 9.78 Å². The van der Waals surface area contributed by atoms with Gasteiger partial charge in [0.1, 0.15) is 21.8 Å². The van der Waals surface area contributed by atoms with Gasteiger partial charge in [0.2, 0.25) is 5.01 Å². The fraction of sp³-hybridized carbons (Fsp3) is 0.312. The largest absolute Gasteiger partial charge is 0.477 e. The summed E-state index contributed by atoms with van der Waals surface area (Å²) in [6.07, 6.45) is -4.41. The first-order valence-corrected chi connectivity index (χ1v) is 12.1. The van der Waals surface area contributed by atoms with Crippen molar-refractivity contribution in [3.8, 4) is 0 Å². The molecule has 4 heterocycles. The van der Waals surface area contributed by atoms with Crippen LogP contribution in [0.15, 0.2) is 20.1 Å². The minimum atomic E-state index is -4.69. The summed E-state index contributed by atoms with van der Waals surface area (Å²) in [7, 11) is 0. The summed E-state index contributed by atoms with van der Waals surface area (Å²) < 4.78 is 38.2. The van der Waals surface area contributed by atoms with Gasteiger partial charge in [-0.2, -0.15) is 13.2 Å². The number of nitrogen functional groups attached to an aromatic ring is 1. The molecular formula is C16H11ClF3N7O5S3. The number of oxime groups is 1. The Morgan fingerprint density at radius 3 is 2.57 bits per heavy atom. The molecule has 0 aromatic carbocycles. The number of alkyl halides is 3. The lowest BCUT2D eigenvalue weighted by Gasteiger charge is -2.49. The van der Waals surface area contributed by atoms with Gasteiger partial charge >= 0.3 is 12.1 Å². The molecule has 1 saturated heterocycles. The molecule has 0 spiro atoms. The number of nitrogens with two attached hydrogens (primary N) is 1. The Morgan fingerprint density at radius 2 is 2.03 bits per heavy atom. The van der Waals surface area contributed by atoms with Gasteiger partial charge in [-0.3, -0.25) is 14.5 Å². The van der Waals surface area contributed by atoms with Gasteiger partial charge in [-0.1, -0.05) is 51.2 Å². The number of halogens is 4. The average molecular weight is 570 g/mol. The van der Waals surface area contributed by atoms with Crippen molar-refractivity contribution < 1.29 is 37.9 Å². The standard InChI is InChI=1S/C16H11ClF3N7O5S3/c17-9-6(23-14(21)34-9)7(26-32)10(28)22-5-3-1-2-4(8(12(30)31)27(3)11(5)29)33-15-25-24-13(35-15)16(18,19)20/h3,5,32H,1-2H2,(H2,21,23)(H,22,28)(H,30,31)/b26-7-. The number of carbonyl (C=O) groups excluding carboxylic acids is 2. The van der Waals surface area contributed by atoms with Crippen molar-refractivity contribution in [2.24, 2.45) is 5.16 Å². The van der Waals surface area contributed by atoms with Gasteiger partial charge in [0, 0.05) is 4.91 Å². The molecule has 2 aromatic rings.